The van der Waals surface area contributed by atoms with Crippen molar-refractivity contribution in [2.75, 3.05) is 13.6 Å². The molecule has 0 fully saturated rings. The number of rotatable bonds is 5. The molecule has 0 saturated carbocycles. The lowest BCUT2D eigenvalue weighted by molar-refractivity contribution is -0.128. The highest BCUT2D eigenvalue weighted by atomic mass is 32.2. The van der Waals surface area contributed by atoms with Crippen LogP contribution in [-0.4, -0.2) is 32.9 Å². The van der Waals surface area contributed by atoms with Crippen LogP contribution in [0.15, 0.2) is 23.4 Å². The molecule has 1 rings (SSSR count). The van der Waals surface area contributed by atoms with E-state index in [9.17, 15) is 17.6 Å². The molecule has 106 valence electrons. The Labute approximate surface area is 111 Å². The first kappa shape index (κ1) is 15.5. The zero-order valence-corrected chi connectivity index (χ0v) is 11.7. The first-order valence-electron chi connectivity index (χ1n) is 5.53. The van der Waals surface area contributed by atoms with Crippen molar-refractivity contribution >= 4 is 15.9 Å². The van der Waals surface area contributed by atoms with E-state index in [1.807, 2.05) is 0 Å². The Hall–Kier alpha value is -1.54. The van der Waals surface area contributed by atoms with Gasteiger partial charge in [-0.3, -0.25) is 4.79 Å². The van der Waals surface area contributed by atoms with Gasteiger partial charge in [-0.15, -0.1) is 0 Å². The van der Waals surface area contributed by atoms with E-state index in [4.69, 9.17) is 0 Å². The molecule has 1 heterocycles. The van der Waals surface area contributed by atoms with E-state index in [0.717, 1.165) is 6.07 Å². The first-order chi connectivity index (χ1) is 8.70. The minimum atomic E-state index is -4.08. The van der Waals surface area contributed by atoms with Crippen LogP contribution >= 0.6 is 0 Å². The fourth-order valence-corrected chi connectivity index (χ4v) is 2.54. The second-order valence-corrected chi connectivity index (χ2v) is 6.26. The van der Waals surface area contributed by atoms with Gasteiger partial charge in [0.05, 0.1) is 5.41 Å². The number of aromatic nitrogens is 1. The summed E-state index contributed by atoms with van der Waals surface area (Å²) in [6.45, 7) is 2.98. The largest absolute Gasteiger partial charge is 0.359 e. The molecule has 1 aromatic rings. The van der Waals surface area contributed by atoms with Crippen LogP contribution in [-0.2, 0) is 14.8 Å². The standard InChI is InChI=1S/C11H16FN3O3S/c1-11(2,10(16)13-3)7-15-19(17,18)9-8(12)5-4-6-14-9/h4-6,15H,7H2,1-3H3,(H,13,16). The molecule has 0 unspecified atom stereocenters. The van der Waals surface area contributed by atoms with E-state index < -0.39 is 26.3 Å². The Morgan fingerprint density at radius 1 is 1.47 bits per heavy atom. The van der Waals surface area contributed by atoms with Gasteiger partial charge in [0.1, 0.15) is 0 Å². The summed E-state index contributed by atoms with van der Waals surface area (Å²) >= 11 is 0. The highest BCUT2D eigenvalue weighted by molar-refractivity contribution is 7.89. The van der Waals surface area contributed by atoms with Gasteiger partial charge in [-0.25, -0.2) is 22.5 Å². The summed E-state index contributed by atoms with van der Waals surface area (Å²) in [6, 6.07) is 2.30. The maximum Gasteiger partial charge on any atom is 0.261 e. The summed E-state index contributed by atoms with van der Waals surface area (Å²) in [5.41, 5.74) is -0.951. The van der Waals surface area contributed by atoms with Crippen LogP contribution in [0.2, 0.25) is 0 Å². The van der Waals surface area contributed by atoms with Crippen LogP contribution in [0.25, 0.3) is 0 Å². The van der Waals surface area contributed by atoms with Crippen molar-refractivity contribution in [1.29, 1.82) is 0 Å². The molecule has 0 aliphatic rings. The summed E-state index contributed by atoms with van der Waals surface area (Å²) in [6.07, 6.45) is 1.18. The van der Waals surface area contributed by atoms with E-state index in [1.165, 1.54) is 19.3 Å². The van der Waals surface area contributed by atoms with Gasteiger partial charge in [-0.05, 0) is 26.0 Å². The maximum atomic E-state index is 13.4. The molecule has 0 bridgehead atoms. The molecule has 0 radical (unpaired) electrons. The maximum absolute atomic E-state index is 13.4. The second kappa shape index (κ2) is 5.62. The van der Waals surface area contributed by atoms with Gasteiger partial charge in [-0.2, -0.15) is 0 Å². The molecule has 0 aromatic carbocycles. The molecule has 19 heavy (non-hydrogen) atoms. The highest BCUT2D eigenvalue weighted by Gasteiger charge is 2.30. The number of hydrogen-bond donors (Lipinski definition) is 2. The lowest BCUT2D eigenvalue weighted by Gasteiger charge is -2.22. The molecule has 0 aliphatic carbocycles. The Morgan fingerprint density at radius 2 is 2.11 bits per heavy atom. The molecule has 2 N–H and O–H groups in total. The predicted molar refractivity (Wildman–Crippen MR) is 67.2 cm³/mol. The van der Waals surface area contributed by atoms with Crippen LogP contribution in [0.4, 0.5) is 4.39 Å². The minimum Gasteiger partial charge on any atom is -0.359 e. The van der Waals surface area contributed by atoms with E-state index in [-0.39, 0.29) is 12.5 Å². The van der Waals surface area contributed by atoms with Crippen LogP contribution in [0.1, 0.15) is 13.8 Å². The lowest BCUT2D eigenvalue weighted by Crippen LogP contribution is -2.43. The molecule has 0 spiro atoms. The van der Waals surface area contributed by atoms with Gasteiger partial charge in [0.25, 0.3) is 10.0 Å². The Kier molecular flexibility index (Phi) is 4.59. The number of halogens is 1. The molecular formula is C11H16FN3O3S. The molecule has 8 heteroatoms. The number of carbonyl (C=O) groups excluding carboxylic acids is 1. The van der Waals surface area contributed by atoms with Gasteiger partial charge < -0.3 is 5.32 Å². The molecule has 0 aliphatic heterocycles. The molecule has 1 amide bonds. The Morgan fingerprint density at radius 3 is 2.63 bits per heavy atom. The van der Waals surface area contributed by atoms with Gasteiger partial charge in [-0.1, -0.05) is 0 Å². The zero-order valence-electron chi connectivity index (χ0n) is 10.9. The zero-order chi connectivity index (χ0) is 14.7. The van der Waals surface area contributed by atoms with Crippen LogP contribution < -0.4 is 10.0 Å². The SMILES string of the molecule is CNC(=O)C(C)(C)CNS(=O)(=O)c1ncccc1F. The van der Waals surface area contributed by atoms with E-state index >= 15 is 0 Å². The molecule has 0 saturated heterocycles. The normalized spacial score (nSPS) is 12.2. The third-order valence-corrected chi connectivity index (χ3v) is 3.86. The van der Waals surface area contributed by atoms with Crippen molar-refractivity contribution in [1.82, 2.24) is 15.0 Å². The van der Waals surface area contributed by atoms with Crippen molar-refractivity contribution in [3.05, 3.63) is 24.1 Å². The quantitative estimate of drug-likeness (QED) is 0.814. The van der Waals surface area contributed by atoms with Gasteiger partial charge in [0, 0.05) is 19.8 Å². The van der Waals surface area contributed by atoms with Crippen molar-refractivity contribution in [3.8, 4) is 0 Å². The summed E-state index contributed by atoms with van der Waals surface area (Å²) in [4.78, 5) is 15.0. The lowest BCUT2D eigenvalue weighted by atomic mass is 9.93. The fraction of sp³-hybridized carbons (Fsp3) is 0.455. The number of hydrogen-bond acceptors (Lipinski definition) is 4. The van der Waals surface area contributed by atoms with Gasteiger partial charge >= 0.3 is 0 Å². The third-order valence-electron chi connectivity index (χ3n) is 2.53. The Balaban J connectivity index is 2.89. The van der Waals surface area contributed by atoms with E-state index in [1.54, 1.807) is 13.8 Å². The summed E-state index contributed by atoms with van der Waals surface area (Å²) in [5.74, 6) is -1.26. The van der Waals surface area contributed by atoms with Gasteiger partial charge in [0.15, 0.2) is 5.82 Å². The first-order valence-corrected chi connectivity index (χ1v) is 7.01. The number of pyridine rings is 1. The van der Waals surface area contributed by atoms with E-state index in [2.05, 4.69) is 15.0 Å². The summed E-state index contributed by atoms with van der Waals surface area (Å²) in [7, 11) is -2.63. The van der Waals surface area contributed by atoms with Crippen molar-refractivity contribution < 1.29 is 17.6 Å². The Bertz CT molecular complexity index is 572. The molecule has 6 nitrogen and oxygen atoms in total. The van der Waals surface area contributed by atoms with Crippen LogP contribution in [0.5, 0.6) is 0 Å². The van der Waals surface area contributed by atoms with Gasteiger partial charge in [0.2, 0.25) is 10.9 Å². The monoisotopic (exact) mass is 289 g/mol. The highest BCUT2D eigenvalue weighted by Crippen LogP contribution is 2.16. The van der Waals surface area contributed by atoms with Crippen molar-refractivity contribution in [2.45, 2.75) is 18.9 Å². The van der Waals surface area contributed by atoms with Crippen molar-refractivity contribution in [2.24, 2.45) is 5.41 Å². The smallest absolute Gasteiger partial charge is 0.261 e. The number of carbonyl (C=O) groups is 1. The molecule has 0 atom stereocenters. The number of sulfonamides is 1. The van der Waals surface area contributed by atoms with Crippen molar-refractivity contribution in [3.63, 3.8) is 0 Å². The van der Waals surface area contributed by atoms with Crippen LogP contribution in [0, 0.1) is 11.2 Å². The summed E-state index contributed by atoms with van der Waals surface area (Å²) in [5, 5.41) is 1.75. The third kappa shape index (κ3) is 3.71. The topological polar surface area (TPSA) is 88.2 Å². The molecular weight excluding hydrogens is 273 g/mol. The predicted octanol–water partition coefficient (Wildman–Crippen LogP) is 0.271. The molecule has 1 aromatic heterocycles. The van der Waals surface area contributed by atoms with Crippen LogP contribution in [0.3, 0.4) is 0 Å². The average Bonchev–Trinajstić information content (AvgIpc) is 2.36. The summed E-state index contributed by atoms with van der Waals surface area (Å²) < 4.78 is 39.3. The second-order valence-electron chi connectivity index (χ2n) is 4.58. The average molecular weight is 289 g/mol. The minimum absolute atomic E-state index is 0.162. The number of nitrogens with zero attached hydrogens (tertiary/aromatic N) is 1. The number of nitrogens with one attached hydrogen (secondary N) is 2. The van der Waals surface area contributed by atoms with E-state index in [0.29, 0.717) is 0 Å². The number of amides is 1. The fourth-order valence-electron chi connectivity index (χ4n) is 1.33.